The standard InChI is InChI=1S/C22H25FN4O3/c23-18-13-24-22(25-16-7-3-6-15(11-16)21(29)30)26-20(18)14-5-4-8-17(12-14)27-10-2-1-9-19(27)28/h4-5,8,12-13,15-16H,1-3,6-7,9-11H2,(H,29,30)(H,24,25,26)/t15-,16+/m1/s1. The van der Waals surface area contributed by atoms with Crippen molar-refractivity contribution in [1.29, 1.82) is 0 Å². The van der Waals surface area contributed by atoms with Crippen molar-refractivity contribution < 1.29 is 19.1 Å². The first kappa shape index (κ1) is 20.3. The Bertz CT molecular complexity index is 952. The lowest BCUT2D eigenvalue weighted by molar-refractivity contribution is -0.142. The highest BCUT2D eigenvalue weighted by molar-refractivity contribution is 5.94. The molecule has 1 aromatic heterocycles. The van der Waals surface area contributed by atoms with Gasteiger partial charge in [0.2, 0.25) is 11.9 Å². The summed E-state index contributed by atoms with van der Waals surface area (Å²) in [5.74, 6) is -1.35. The van der Waals surface area contributed by atoms with Crippen LogP contribution in [0.4, 0.5) is 16.0 Å². The molecule has 2 N–H and O–H groups in total. The molecule has 7 nitrogen and oxygen atoms in total. The number of halogens is 1. The first-order chi connectivity index (χ1) is 14.5. The summed E-state index contributed by atoms with van der Waals surface area (Å²) in [6.07, 6.45) is 6.31. The molecule has 158 valence electrons. The molecule has 1 saturated heterocycles. The van der Waals surface area contributed by atoms with E-state index in [0.29, 0.717) is 31.4 Å². The number of piperidine rings is 1. The summed E-state index contributed by atoms with van der Waals surface area (Å²) >= 11 is 0. The summed E-state index contributed by atoms with van der Waals surface area (Å²) in [6.45, 7) is 0.660. The van der Waals surface area contributed by atoms with Crippen LogP contribution in [0.2, 0.25) is 0 Å². The second-order valence-corrected chi connectivity index (χ2v) is 7.99. The van der Waals surface area contributed by atoms with E-state index in [1.807, 2.05) is 6.07 Å². The smallest absolute Gasteiger partial charge is 0.306 e. The van der Waals surface area contributed by atoms with Gasteiger partial charge in [-0.25, -0.2) is 14.4 Å². The van der Waals surface area contributed by atoms with E-state index in [2.05, 4.69) is 15.3 Å². The minimum Gasteiger partial charge on any atom is -0.481 e. The topological polar surface area (TPSA) is 95.4 Å². The molecule has 1 saturated carbocycles. The molecule has 1 amide bonds. The molecule has 0 unspecified atom stereocenters. The van der Waals surface area contributed by atoms with Crippen molar-refractivity contribution in [2.45, 2.75) is 51.0 Å². The van der Waals surface area contributed by atoms with Gasteiger partial charge in [0.1, 0.15) is 5.69 Å². The maximum Gasteiger partial charge on any atom is 0.306 e. The Hall–Kier alpha value is -3.03. The molecule has 1 aromatic carbocycles. The average Bonchev–Trinajstić information content (AvgIpc) is 2.76. The Balaban J connectivity index is 1.56. The van der Waals surface area contributed by atoms with Gasteiger partial charge >= 0.3 is 5.97 Å². The van der Waals surface area contributed by atoms with Crippen LogP contribution < -0.4 is 10.2 Å². The van der Waals surface area contributed by atoms with Gasteiger partial charge in [-0.2, -0.15) is 0 Å². The van der Waals surface area contributed by atoms with Crippen molar-refractivity contribution in [2.75, 3.05) is 16.8 Å². The number of nitrogens with one attached hydrogen (secondary N) is 1. The van der Waals surface area contributed by atoms with Crippen molar-refractivity contribution in [3.05, 3.63) is 36.3 Å². The van der Waals surface area contributed by atoms with E-state index < -0.39 is 11.8 Å². The lowest BCUT2D eigenvalue weighted by atomic mass is 9.86. The van der Waals surface area contributed by atoms with Crippen molar-refractivity contribution in [3.8, 4) is 11.3 Å². The second-order valence-electron chi connectivity index (χ2n) is 7.99. The SMILES string of the molecule is O=C(O)[C@@H]1CCC[C@H](Nc2ncc(F)c(-c3cccc(N4CCCCC4=O)c3)n2)C1. The predicted octanol–water partition coefficient (Wildman–Crippen LogP) is 3.85. The third kappa shape index (κ3) is 4.42. The van der Waals surface area contributed by atoms with Crippen molar-refractivity contribution >= 4 is 23.5 Å². The summed E-state index contributed by atoms with van der Waals surface area (Å²) in [7, 11) is 0. The summed E-state index contributed by atoms with van der Waals surface area (Å²) in [6, 6.07) is 7.11. The van der Waals surface area contributed by atoms with E-state index in [0.717, 1.165) is 37.6 Å². The molecule has 2 atom stereocenters. The highest BCUT2D eigenvalue weighted by atomic mass is 19.1. The van der Waals surface area contributed by atoms with Crippen LogP contribution in [-0.4, -0.2) is 39.5 Å². The number of amides is 1. The Morgan fingerprint density at radius 1 is 1.23 bits per heavy atom. The molecule has 2 heterocycles. The van der Waals surface area contributed by atoms with Crippen LogP contribution in [0.25, 0.3) is 11.3 Å². The van der Waals surface area contributed by atoms with Crippen LogP contribution in [0, 0.1) is 11.7 Å². The second kappa shape index (κ2) is 8.77. The van der Waals surface area contributed by atoms with E-state index >= 15 is 0 Å². The van der Waals surface area contributed by atoms with E-state index in [4.69, 9.17) is 0 Å². The number of rotatable bonds is 5. The fourth-order valence-electron chi connectivity index (χ4n) is 4.27. The van der Waals surface area contributed by atoms with Gasteiger partial charge in [0.05, 0.1) is 12.1 Å². The molecule has 2 aromatic rings. The Kier molecular flexibility index (Phi) is 5.92. The first-order valence-electron chi connectivity index (χ1n) is 10.4. The van der Waals surface area contributed by atoms with Gasteiger partial charge in [-0.3, -0.25) is 9.59 Å². The molecule has 8 heteroatoms. The van der Waals surface area contributed by atoms with Crippen LogP contribution in [0.3, 0.4) is 0 Å². The highest BCUT2D eigenvalue weighted by Crippen LogP contribution is 2.29. The van der Waals surface area contributed by atoms with Gasteiger partial charge in [0, 0.05) is 30.3 Å². The van der Waals surface area contributed by atoms with E-state index in [-0.39, 0.29) is 29.5 Å². The number of nitrogens with zero attached hydrogens (tertiary/aromatic N) is 3. The number of anilines is 2. The van der Waals surface area contributed by atoms with Crippen molar-refractivity contribution in [2.24, 2.45) is 5.92 Å². The molecule has 1 aliphatic carbocycles. The Morgan fingerprint density at radius 2 is 2.10 bits per heavy atom. The maximum absolute atomic E-state index is 14.5. The number of aliphatic carboxylic acids is 1. The van der Waals surface area contributed by atoms with E-state index in [1.165, 1.54) is 0 Å². The van der Waals surface area contributed by atoms with Gasteiger partial charge in [0.25, 0.3) is 0 Å². The molecule has 1 aliphatic heterocycles. The monoisotopic (exact) mass is 412 g/mol. The quantitative estimate of drug-likeness (QED) is 0.774. The van der Waals surface area contributed by atoms with Crippen LogP contribution in [-0.2, 0) is 9.59 Å². The summed E-state index contributed by atoms with van der Waals surface area (Å²) in [5.41, 5.74) is 1.46. The van der Waals surface area contributed by atoms with Gasteiger partial charge < -0.3 is 15.3 Å². The third-order valence-corrected chi connectivity index (χ3v) is 5.86. The number of carboxylic acid groups (broad SMARTS) is 1. The molecule has 30 heavy (non-hydrogen) atoms. The van der Waals surface area contributed by atoms with Crippen LogP contribution in [0.5, 0.6) is 0 Å². The Morgan fingerprint density at radius 3 is 2.90 bits per heavy atom. The molecule has 2 fully saturated rings. The number of carbonyl (C=O) groups is 2. The molecule has 4 rings (SSSR count). The number of carbonyl (C=O) groups excluding carboxylic acids is 1. The summed E-state index contributed by atoms with van der Waals surface area (Å²) < 4.78 is 14.5. The molecule has 0 bridgehead atoms. The number of benzene rings is 1. The molecule has 0 radical (unpaired) electrons. The zero-order valence-electron chi connectivity index (χ0n) is 16.7. The highest BCUT2D eigenvalue weighted by Gasteiger charge is 2.27. The van der Waals surface area contributed by atoms with E-state index in [1.54, 1.807) is 23.1 Å². The molecule has 0 spiro atoms. The summed E-state index contributed by atoms with van der Waals surface area (Å²) in [4.78, 5) is 33.7. The van der Waals surface area contributed by atoms with Gasteiger partial charge in [-0.1, -0.05) is 18.6 Å². The van der Waals surface area contributed by atoms with Crippen LogP contribution in [0.1, 0.15) is 44.9 Å². The average molecular weight is 412 g/mol. The molecular formula is C22H25FN4O3. The number of carboxylic acids is 1. The number of hydrogen-bond acceptors (Lipinski definition) is 5. The fraction of sp³-hybridized carbons (Fsp3) is 0.455. The van der Waals surface area contributed by atoms with Crippen molar-refractivity contribution in [3.63, 3.8) is 0 Å². The minimum atomic E-state index is -0.786. The lowest BCUT2D eigenvalue weighted by Gasteiger charge is -2.27. The Labute approximate surface area is 174 Å². The normalized spacial score (nSPS) is 22.0. The zero-order chi connectivity index (χ0) is 21.1. The van der Waals surface area contributed by atoms with Crippen molar-refractivity contribution in [1.82, 2.24) is 9.97 Å². The molecular weight excluding hydrogens is 387 g/mol. The van der Waals surface area contributed by atoms with Crippen LogP contribution >= 0.6 is 0 Å². The van der Waals surface area contributed by atoms with Crippen LogP contribution in [0.15, 0.2) is 30.5 Å². The zero-order valence-corrected chi connectivity index (χ0v) is 16.7. The largest absolute Gasteiger partial charge is 0.481 e. The first-order valence-corrected chi connectivity index (χ1v) is 10.4. The number of aromatic nitrogens is 2. The third-order valence-electron chi connectivity index (χ3n) is 5.86. The van der Waals surface area contributed by atoms with Gasteiger partial charge in [0.15, 0.2) is 5.82 Å². The maximum atomic E-state index is 14.5. The van der Waals surface area contributed by atoms with E-state index in [9.17, 15) is 19.1 Å². The van der Waals surface area contributed by atoms with Gasteiger partial charge in [-0.05, 0) is 44.2 Å². The lowest BCUT2D eigenvalue weighted by Crippen LogP contribution is -2.35. The number of hydrogen-bond donors (Lipinski definition) is 2. The molecule has 2 aliphatic rings. The minimum absolute atomic E-state index is 0.0598. The predicted molar refractivity (Wildman–Crippen MR) is 111 cm³/mol. The summed E-state index contributed by atoms with van der Waals surface area (Å²) in [5, 5.41) is 12.4. The fourth-order valence-corrected chi connectivity index (χ4v) is 4.27. The van der Waals surface area contributed by atoms with Gasteiger partial charge in [-0.15, -0.1) is 0 Å².